The predicted octanol–water partition coefficient (Wildman–Crippen LogP) is 3.91. The number of hydrogen-bond acceptors (Lipinski definition) is 2. The van der Waals surface area contributed by atoms with Crippen LogP contribution in [-0.4, -0.2) is 36.6 Å². The molecule has 0 amide bonds. The molecule has 1 fully saturated rings. The van der Waals surface area contributed by atoms with E-state index < -0.39 is 0 Å². The van der Waals surface area contributed by atoms with Gasteiger partial charge in [0.1, 0.15) is 0 Å². The van der Waals surface area contributed by atoms with Gasteiger partial charge >= 0.3 is 0 Å². The summed E-state index contributed by atoms with van der Waals surface area (Å²) in [5.41, 5.74) is 0.802. The average molecular weight is 268 g/mol. The van der Waals surface area contributed by atoms with E-state index in [0.717, 1.165) is 6.04 Å². The fourth-order valence-electron chi connectivity index (χ4n) is 2.81. The number of nitrogens with one attached hydrogen (secondary N) is 1. The van der Waals surface area contributed by atoms with Gasteiger partial charge in [-0.25, -0.2) is 0 Å². The van der Waals surface area contributed by atoms with Gasteiger partial charge < -0.3 is 5.32 Å². The molecule has 2 nitrogen and oxygen atoms in total. The lowest BCUT2D eigenvalue weighted by Crippen LogP contribution is -2.60. The second-order valence-corrected chi connectivity index (χ2v) is 8.57. The molecule has 19 heavy (non-hydrogen) atoms. The molecule has 0 aromatic carbocycles. The van der Waals surface area contributed by atoms with Crippen LogP contribution in [0.5, 0.6) is 0 Å². The largest absolute Gasteiger partial charge is 0.311 e. The molecule has 0 aromatic heterocycles. The third-order valence-electron chi connectivity index (χ3n) is 4.35. The van der Waals surface area contributed by atoms with Gasteiger partial charge in [-0.15, -0.1) is 0 Å². The molecule has 1 aliphatic rings. The second-order valence-electron chi connectivity index (χ2n) is 8.57. The molecule has 0 aliphatic carbocycles. The maximum atomic E-state index is 3.78. The van der Waals surface area contributed by atoms with Crippen molar-refractivity contribution in [2.75, 3.05) is 19.6 Å². The summed E-state index contributed by atoms with van der Waals surface area (Å²) in [5.74, 6) is 0. The van der Waals surface area contributed by atoms with Gasteiger partial charge in [0.15, 0.2) is 0 Å². The molecule has 1 N–H and O–H groups in total. The third-order valence-corrected chi connectivity index (χ3v) is 4.35. The minimum Gasteiger partial charge on any atom is -0.311 e. The van der Waals surface area contributed by atoms with Gasteiger partial charge in [0.05, 0.1) is 0 Å². The van der Waals surface area contributed by atoms with Crippen LogP contribution in [0.25, 0.3) is 0 Å². The molecule has 0 spiro atoms. The smallest absolute Gasteiger partial charge is 0.0244 e. The summed E-state index contributed by atoms with van der Waals surface area (Å²) in [6.07, 6.45) is 3.91. The van der Waals surface area contributed by atoms with Gasteiger partial charge in [-0.2, -0.15) is 0 Å². The normalized spacial score (nSPS) is 26.7. The lowest BCUT2D eigenvalue weighted by Gasteiger charge is -2.45. The first kappa shape index (κ1) is 17.0. The lowest BCUT2D eigenvalue weighted by atomic mass is 9.84. The van der Waals surface area contributed by atoms with Gasteiger partial charge in [-0.05, 0) is 30.2 Å². The van der Waals surface area contributed by atoms with Crippen LogP contribution in [0.15, 0.2) is 0 Å². The van der Waals surface area contributed by atoms with Crippen molar-refractivity contribution >= 4 is 0 Å². The first-order valence-electron chi connectivity index (χ1n) is 8.11. The number of rotatable bonds is 4. The zero-order chi connectivity index (χ0) is 14.7. The van der Waals surface area contributed by atoms with Crippen molar-refractivity contribution in [1.29, 1.82) is 0 Å². The van der Waals surface area contributed by atoms with Crippen molar-refractivity contribution < 1.29 is 0 Å². The highest BCUT2D eigenvalue weighted by Gasteiger charge is 2.33. The highest BCUT2D eigenvalue weighted by atomic mass is 15.2. The first-order chi connectivity index (χ1) is 8.63. The van der Waals surface area contributed by atoms with E-state index in [1.165, 1.54) is 38.9 Å². The van der Waals surface area contributed by atoms with E-state index in [-0.39, 0.29) is 0 Å². The molecule has 1 aliphatic heterocycles. The summed E-state index contributed by atoms with van der Waals surface area (Å²) in [7, 11) is 0. The van der Waals surface area contributed by atoms with Crippen molar-refractivity contribution in [3.63, 3.8) is 0 Å². The maximum Gasteiger partial charge on any atom is 0.0244 e. The van der Waals surface area contributed by atoms with E-state index in [1.54, 1.807) is 0 Å². The third kappa shape index (κ3) is 5.83. The Labute approximate surface area is 121 Å². The summed E-state index contributed by atoms with van der Waals surface area (Å²) in [5, 5.41) is 3.78. The Morgan fingerprint density at radius 1 is 1.11 bits per heavy atom. The Morgan fingerprint density at radius 2 is 1.74 bits per heavy atom. The summed E-state index contributed by atoms with van der Waals surface area (Å²) < 4.78 is 0. The maximum absolute atomic E-state index is 3.78. The Kier molecular flexibility index (Phi) is 5.88. The van der Waals surface area contributed by atoms with E-state index in [0.29, 0.717) is 16.9 Å². The molecular formula is C17H36N2. The van der Waals surface area contributed by atoms with Crippen molar-refractivity contribution in [3.8, 4) is 0 Å². The van der Waals surface area contributed by atoms with Crippen LogP contribution < -0.4 is 5.32 Å². The van der Waals surface area contributed by atoms with Crippen LogP contribution in [0, 0.1) is 10.8 Å². The van der Waals surface area contributed by atoms with Crippen molar-refractivity contribution in [1.82, 2.24) is 10.2 Å². The van der Waals surface area contributed by atoms with Crippen LogP contribution >= 0.6 is 0 Å². The molecule has 2 atom stereocenters. The molecule has 1 heterocycles. The van der Waals surface area contributed by atoms with E-state index in [4.69, 9.17) is 0 Å². The Morgan fingerprint density at radius 3 is 2.21 bits per heavy atom. The monoisotopic (exact) mass is 268 g/mol. The topological polar surface area (TPSA) is 15.3 Å². The average Bonchev–Trinajstić information content (AvgIpc) is 2.25. The van der Waals surface area contributed by atoms with Gasteiger partial charge in [0.2, 0.25) is 0 Å². The number of hydrogen-bond donors (Lipinski definition) is 1. The molecule has 0 radical (unpaired) electrons. The van der Waals surface area contributed by atoms with E-state index in [9.17, 15) is 0 Å². The second kappa shape index (κ2) is 6.58. The summed E-state index contributed by atoms with van der Waals surface area (Å²) in [4.78, 5) is 2.75. The highest BCUT2D eigenvalue weighted by molar-refractivity contribution is 4.92. The van der Waals surface area contributed by atoms with Gasteiger partial charge in [-0.3, -0.25) is 4.90 Å². The van der Waals surface area contributed by atoms with Crippen LogP contribution in [0.4, 0.5) is 0 Å². The van der Waals surface area contributed by atoms with Gasteiger partial charge in [-0.1, -0.05) is 54.9 Å². The van der Waals surface area contributed by atoms with Crippen LogP contribution in [-0.2, 0) is 0 Å². The summed E-state index contributed by atoms with van der Waals surface area (Å²) >= 11 is 0. The summed E-state index contributed by atoms with van der Waals surface area (Å²) in [6.45, 7) is 20.1. The number of piperazine rings is 1. The van der Waals surface area contributed by atoms with E-state index in [1.807, 2.05) is 0 Å². The van der Waals surface area contributed by atoms with Gasteiger partial charge in [0, 0.05) is 25.2 Å². The van der Waals surface area contributed by atoms with Crippen LogP contribution in [0.1, 0.15) is 67.7 Å². The fraction of sp³-hybridized carbons (Fsp3) is 1.00. The van der Waals surface area contributed by atoms with E-state index in [2.05, 4.69) is 58.7 Å². The molecule has 0 saturated carbocycles. The van der Waals surface area contributed by atoms with Gasteiger partial charge in [0.25, 0.3) is 0 Å². The minimum absolute atomic E-state index is 0.358. The molecule has 2 unspecified atom stereocenters. The van der Waals surface area contributed by atoms with Crippen molar-refractivity contribution in [2.45, 2.75) is 79.8 Å². The number of nitrogens with zero attached hydrogens (tertiary/aromatic N) is 1. The van der Waals surface area contributed by atoms with E-state index >= 15 is 0 Å². The molecule has 1 saturated heterocycles. The highest BCUT2D eigenvalue weighted by Crippen LogP contribution is 2.26. The van der Waals surface area contributed by atoms with Crippen LogP contribution in [0.2, 0.25) is 0 Å². The fourth-order valence-corrected chi connectivity index (χ4v) is 2.81. The van der Waals surface area contributed by atoms with Crippen molar-refractivity contribution in [3.05, 3.63) is 0 Å². The molecule has 114 valence electrons. The molecule has 2 heteroatoms. The Hall–Kier alpha value is -0.0800. The quantitative estimate of drug-likeness (QED) is 0.831. The first-order valence-corrected chi connectivity index (χ1v) is 8.11. The Bertz CT molecular complexity index is 259. The Balaban J connectivity index is 2.62. The summed E-state index contributed by atoms with van der Waals surface area (Å²) in [6, 6.07) is 1.37. The lowest BCUT2D eigenvalue weighted by molar-refractivity contribution is 0.0717. The predicted molar refractivity (Wildman–Crippen MR) is 85.6 cm³/mol. The van der Waals surface area contributed by atoms with Crippen molar-refractivity contribution in [2.24, 2.45) is 10.8 Å². The zero-order valence-electron chi connectivity index (χ0n) is 14.3. The SMILES string of the molecule is CCCC1CNC(C(C)(C)C)CN1CCC(C)(C)C. The standard InChI is InChI=1S/C17H36N2/c1-8-9-14-12-18-15(17(5,6)7)13-19(14)11-10-16(2,3)4/h14-15,18H,8-13H2,1-7H3. The molecule has 0 aromatic rings. The minimum atomic E-state index is 0.358. The molecular weight excluding hydrogens is 232 g/mol. The molecule has 0 bridgehead atoms. The zero-order valence-corrected chi connectivity index (χ0v) is 14.3. The molecule has 1 rings (SSSR count). The van der Waals surface area contributed by atoms with Crippen LogP contribution in [0.3, 0.4) is 0 Å².